The molecule has 4 aromatic rings. The lowest BCUT2D eigenvalue weighted by molar-refractivity contribution is 0.187. The Balaban J connectivity index is 1.48. The lowest BCUT2D eigenvalue weighted by Gasteiger charge is -2.37. The Morgan fingerprint density at radius 1 is 1.12 bits per heavy atom. The first-order valence-electron chi connectivity index (χ1n) is 13.6. The van der Waals surface area contributed by atoms with Gasteiger partial charge in [-0.1, -0.05) is 44.5 Å². The molecule has 0 amide bonds. The van der Waals surface area contributed by atoms with Crippen LogP contribution in [-0.4, -0.2) is 52.2 Å². The molecule has 1 aliphatic heterocycles. The Hall–Kier alpha value is -3.29. The molecule has 5 rings (SSSR count). The standard InChI is InChI=1S/C30H35ClN6O2Si/c1-20-33-27-26(18-32)34-37(25-9-7-8-23(31)17-25)28(27)29(38)36(20)24-11-10-21-12-13-35(19-22(21)16-24)14-15-39-40(5,6)30(2,3)4/h7-11,16-17H,12-15,19H2,1-6H3. The third-order valence-corrected chi connectivity index (χ3v) is 13.0. The molecular weight excluding hydrogens is 540 g/mol. The van der Waals surface area contributed by atoms with E-state index < -0.39 is 8.32 Å². The minimum absolute atomic E-state index is 0.100. The van der Waals surface area contributed by atoms with Crippen LogP contribution in [0.15, 0.2) is 47.3 Å². The highest BCUT2D eigenvalue weighted by atomic mass is 35.5. The highest BCUT2D eigenvalue weighted by Crippen LogP contribution is 2.36. The van der Waals surface area contributed by atoms with Crippen LogP contribution in [0.2, 0.25) is 23.2 Å². The van der Waals surface area contributed by atoms with Crippen LogP contribution < -0.4 is 5.56 Å². The Labute approximate surface area is 240 Å². The first kappa shape index (κ1) is 28.2. The van der Waals surface area contributed by atoms with Gasteiger partial charge in [0.2, 0.25) is 0 Å². The molecule has 0 bridgehead atoms. The minimum Gasteiger partial charge on any atom is -0.416 e. The predicted octanol–water partition coefficient (Wildman–Crippen LogP) is 5.78. The summed E-state index contributed by atoms with van der Waals surface area (Å²) in [6.07, 6.45) is 0.952. The molecule has 2 aromatic heterocycles. The molecule has 8 nitrogen and oxygen atoms in total. The zero-order valence-corrected chi connectivity index (χ0v) is 25.7. The van der Waals surface area contributed by atoms with E-state index in [0.29, 0.717) is 16.5 Å². The van der Waals surface area contributed by atoms with Gasteiger partial charge in [-0.15, -0.1) is 0 Å². The van der Waals surface area contributed by atoms with E-state index in [1.165, 1.54) is 15.8 Å². The van der Waals surface area contributed by atoms with Gasteiger partial charge < -0.3 is 4.43 Å². The first-order valence-corrected chi connectivity index (χ1v) is 16.8. The predicted molar refractivity (Wildman–Crippen MR) is 161 cm³/mol. The van der Waals surface area contributed by atoms with Gasteiger partial charge in [0.1, 0.15) is 17.4 Å². The summed E-state index contributed by atoms with van der Waals surface area (Å²) in [5.41, 5.74) is 4.17. The number of aryl methyl sites for hydroxylation is 1. The van der Waals surface area contributed by atoms with Gasteiger partial charge in [0.15, 0.2) is 19.5 Å². The van der Waals surface area contributed by atoms with Crippen LogP contribution >= 0.6 is 11.6 Å². The van der Waals surface area contributed by atoms with Crippen molar-refractivity contribution in [3.8, 4) is 17.4 Å². The fourth-order valence-corrected chi connectivity index (χ4v) is 6.14. The van der Waals surface area contributed by atoms with Crippen LogP contribution in [0, 0.1) is 18.3 Å². The van der Waals surface area contributed by atoms with Gasteiger partial charge in [-0.25, -0.2) is 9.67 Å². The van der Waals surface area contributed by atoms with Crippen LogP contribution in [0.25, 0.3) is 22.4 Å². The van der Waals surface area contributed by atoms with E-state index in [9.17, 15) is 10.1 Å². The van der Waals surface area contributed by atoms with Crippen molar-refractivity contribution in [2.45, 2.75) is 58.8 Å². The summed E-state index contributed by atoms with van der Waals surface area (Å²) in [6.45, 7) is 16.5. The van der Waals surface area contributed by atoms with Gasteiger partial charge in [0.25, 0.3) is 5.56 Å². The molecule has 0 unspecified atom stereocenters. The summed E-state index contributed by atoms with van der Waals surface area (Å²) < 4.78 is 9.49. The average Bonchev–Trinajstić information content (AvgIpc) is 3.26. The molecule has 0 fully saturated rings. The van der Waals surface area contributed by atoms with E-state index in [0.717, 1.165) is 38.3 Å². The van der Waals surface area contributed by atoms with Gasteiger partial charge in [-0.2, -0.15) is 10.4 Å². The van der Waals surface area contributed by atoms with Crippen LogP contribution in [-0.2, 0) is 17.4 Å². The van der Waals surface area contributed by atoms with Gasteiger partial charge >= 0.3 is 0 Å². The molecule has 1 aliphatic rings. The smallest absolute Gasteiger partial charge is 0.284 e. The molecule has 40 heavy (non-hydrogen) atoms. The Kier molecular flexibility index (Phi) is 7.48. The fraction of sp³-hybridized carbons (Fsp3) is 0.400. The summed E-state index contributed by atoms with van der Waals surface area (Å²) in [4.78, 5) is 21.1. The third-order valence-electron chi connectivity index (χ3n) is 8.24. The quantitative estimate of drug-likeness (QED) is 0.271. The second-order valence-electron chi connectivity index (χ2n) is 11.9. The van der Waals surface area contributed by atoms with Crippen LogP contribution in [0.5, 0.6) is 0 Å². The first-order chi connectivity index (χ1) is 18.9. The molecule has 10 heteroatoms. The third kappa shape index (κ3) is 5.25. The number of fused-ring (bicyclic) bond motifs is 2. The SMILES string of the molecule is Cc1nc2c(C#N)nn(-c3cccc(Cl)c3)c2c(=O)n1-c1ccc2c(c1)CN(CCO[Si](C)(C)C(C)(C)C)CC2. The highest BCUT2D eigenvalue weighted by Gasteiger charge is 2.37. The number of hydrogen-bond acceptors (Lipinski definition) is 6. The van der Waals surface area contributed by atoms with Crippen molar-refractivity contribution in [2.24, 2.45) is 0 Å². The van der Waals surface area contributed by atoms with Crippen molar-refractivity contribution < 1.29 is 4.43 Å². The monoisotopic (exact) mass is 574 g/mol. The topological polar surface area (TPSA) is 89.0 Å². The zero-order valence-electron chi connectivity index (χ0n) is 24.0. The van der Waals surface area contributed by atoms with Crippen molar-refractivity contribution in [2.75, 3.05) is 19.7 Å². The van der Waals surface area contributed by atoms with Gasteiger partial charge in [0.05, 0.1) is 11.4 Å². The number of nitriles is 1. The van der Waals surface area contributed by atoms with Gasteiger partial charge in [-0.3, -0.25) is 14.3 Å². The molecule has 0 saturated heterocycles. The van der Waals surface area contributed by atoms with Crippen LogP contribution in [0.3, 0.4) is 0 Å². The van der Waals surface area contributed by atoms with Crippen LogP contribution in [0.4, 0.5) is 0 Å². The van der Waals surface area contributed by atoms with Crippen LogP contribution in [0.1, 0.15) is 43.4 Å². The lowest BCUT2D eigenvalue weighted by Crippen LogP contribution is -2.43. The molecule has 2 aromatic carbocycles. The summed E-state index contributed by atoms with van der Waals surface area (Å²) in [7, 11) is -1.79. The molecule has 0 saturated carbocycles. The van der Waals surface area contributed by atoms with Crippen molar-refractivity contribution in [1.29, 1.82) is 5.26 Å². The molecule has 208 valence electrons. The molecule has 3 heterocycles. The normalized spacial score (nSPS) is 14.3. The Morgan fingerprint density at radius 3 is 2.60 bits per heavy atom. The molecule has 0 radical (unpaired) electrons. The van der Waals surface area contributed by atoms with Crippen molar-refractivity contribution in [1.82, 2.24) is 24.2 Å². The molecular formula is C30H35ClN6O2Si. The van der Waals surface area contributed by atoms with Crippen molar-refractivity contribution in [3.05, 3.63) is 80.5 Å². The number of nitrogens with zero attached hydrogens (tertiary/aromatic N) is 6. The molecule has 0 spiro atoms. The number of benzene rings is 2. The number of halogens is 1. The fourth-order valence-electron chi connectivity index (χ4n) is 4.92. The maximum Gasteiger partial charge on any atom is 0.284 e. The Bertz CT molecular complexity index is 1700. The van der Waals surface area contributed by atoms with Gasteiger partial charge in [-0.05, 0) is 72.9 Å². The van der Waals surface area contributed by atoms with E-state index in [1.807, 2.05) is 6.07 Å². The van der Waals surface area contributed by atoms with E-state index >= 15 is 0 Å². The highest BCUT2D eigenvalue weighted by molar-refractivity contribution is 6.74. The summed E-state index contributed by atoms with van der Waals surface area (Å²) in [5.74, 6) is 0.495. The number of hydrogen-bond donors (Lipinski definition) is 0. The Morgan fingerprint density at radius 2 is 1.90 bits per heavy atom. The number of aromatic nitrogens is 4. The zero-order chi connectivity index (χ0) is 28.8. The molecule has 0 aliphatic carbocycles. The van der Waals surface area contributed by atoms with E-state index in [-0.39, 0.29) is 27.3 Å². The van der Waals surface area contributed by atoms with Gasteiger partial charge in [0, 0.05) is 31.3 Å². The maximum absolute atomic E-state index is 14.0. The van der Waals surface area contributed by atoms with Crippen molar-refractivity contribution in [3.63, 3.8) is 0 Å². The summed E-state index contributed by atoms with van der Waals surface area (Å²) in [5, 5.41) is 14.8. The lowest BCUT2D eigenvalue weighted by atomic mass is 9.99. The second kappa shape index (κ2) is 10.6. The van der Waals surface area contributed by atoms with E-state index in [2.05, 4.69) is 67.0 Å². The van der Waals surface area contributed by atoms with Crippen molar-refractivity contribution >= 4 is 31.0 Å². The summed E-state index contributed by atoms with van der Waals surface area (Å²) >= 11 is 6.22. The molecule has 0 N–H and O–H groups in total. The largest absolute Gasteiger partial charge is 0.416 e. The minimum atomic E-state index is -1.79. The van der Waals surface area contributed by atoms with E-state index in [1.54, 1.807) is 35.8 Å². The number of rotatable bonds is 6. The average molecular weight is 575 g/mol. The molecule has 0 atom stereocenters. The second-order valence-corrected chi connectivity index (χ2v) is 17.2. The summed E-state index contributed by atoms with van der Waals surface area (Å²) in [6, 6.07) is 15.3. The van der Waals surface area contributed by atoms with E-state index in [4.69, 9.17) is 16.0 Å². The maximum atomic E-state index is 14.0.